The Bertz CT molecular complexity index is 412. The van der Waals surface area contributed by atoms with Gasteiger partial charge in [-0.05, 0) is 19.8 Å². The SMILES string of the molecule is CCO[C@@H]1CO[C@@]2(CCCN(S(=O)(=O)N(C)C)C2)C1. The zero-order valence-corrected chi connectivity index (χ0v) is 12.8. The lowest BCUT2D eigenvalue weighted by molar-refractivity contribution is -0.0360. The van der Waals surface area contributed by atoms with Crippen LogP contribution in [0, 0.1) is 0 Å². The Kier molecular flexibility index (Phi) is 4.52. The molecule has 0 aromatic rings. The van der Waals surface area contributed by atoms with Crippen molar-refractivity contribution in [1.29, 1.82) is 0 Å². The molecule has 0 saturated carbocycles. The fraction of sp³-hybridized carbons (Fsp3) is 1.00. The molecule has 2 fully saturated rings. The van der Waals surface area contributed by atoms with E-state index in [1.165, 1.54) is 8.61 Å². The molecule has 0 aliphatic carbocycles. The molecule has 2 aliphatic rings. The van der Waals surface area contributed by atoms with Crippen molar-refractivity contribution < 1.29 is 17.9 Å². The summed E-state index contributed by atoms with van der Waals surface area (Å²) in [5.74, 6) is 0. The van der Waals surface area contributed by atoms with Gasteiger partial charge in [0.05, 0.1) is 18.3 Å². The molecule has 0 radical (unpaired) electrons. The molecule has 0 aromatic carbocycles. The minimum atomic E-state index is -3.35. The summed E-state index contributed by atoms with van der Waals surface area (Å²) in [5.41, 5.74) is -0.346. The van der Waals surface area contributed by atoms with E-state index in [1.807, 2.05) is 6.92 Å². The topological polar surface area (TPSA) is 59.1 Å². The summed E-state index contributed by atoms with van der Waals surface area (Å²) in [7, 11) is -0.218. The van der Waals surface area contributed by atoms with Crippen LogP contribution in [0.5, 0.6) is 0 Å². The highest BCUT2D eigenvalue weighted by Gasteiger charge is 2.46. The predicted octanol–water partition coefficient (Wildman–Crippen LogP) is 0.453. The zero-order valence-electron chi connectivity index (χ0n) is 12.0. The molecule has 0 amide bonds. The summed E-state index contributed by atoms with van der Waals surface area (Å²) < 4.78 is 38.7. The fourth-order valence-electron chi connectivity index (χ4n) is 2.91. The van der Waals surface area contributed by atoms with Gasteiger partial charge in [0.25, 0.3) is 10.2 Å². The van der Waals surface area contributed by atoms with Crippen LogP contribution < -0.4 is 0 Å². The van der Waals surface area contributed by atoms with E-state index in [2.05, 4.69) is 0 Å². The normalized spacial score (nSPS) is 33.4. The van der Waals surface area contributed by atoms with Crippen molar-refractivity contribution in [2.24, 2.45) is 0 Å². The maximum Gasteiger partial charge on any atom is 0.281 e. The highest BCUT2D eigenvalue weighted by Crippen LogP contribution is 2.36. The van der Waals surface area contributed by atoms with Crippen LogP contribution in [0.2, 0.25) is 0 Å². The lowest BCUT2D eigenvalue weighted by atomic mass is 9.90. The van der Waals surface area contributed by atoms with Crippen LogP contribution in [-0.2, 0) is 19.7 Å². The Hall–Kier alpha value is -0.210. The lowest BCUT2D eigenvalue weighted by Gasteiger charge is -2.39. The summed E-state index contributed by atoms with van der Waals surface area (Å²) in [6.07, 6.45) is 2.65. The molecule has 19 heavy (non-hydrogen) atoms. The first kappa shape index (κ1) is 15.2. The van der Waals surface area contributed by atoms with Gasteiger partial charge < -0.3 is 9.47 Å². The van der Waals surface area contributed by atoms with E-state index in [0.717, 1.165) is 19.3 Å². The fourth-order valence-corrected chi connectivity index (χ4v) is 4.13. The maximum atomic E-state index is 12.2. The van der Waals surface area contributed by atoms with Crippen molar-refractivity contribution in [2.75, 3.05) is 40.4 Å². The first-order chi connectivity index (χ1) is 8.89. The second kappa shape index (κ2) is 5.65. The van der Waals surface area contributed by atoms with Crippen LogP contribution in [0.4, 0.5) is 0 Å². The van der Waals surface area contributed by atoms with Crippen molar-refractivity contribution in [2.45, 2.75) is 37.9 Å². The molecule has 2 aliphatic heterocycles. The summed E-state index contributed by atoms with van der Waals surface area (Å²) in [6, 6.07) is 0. The standard InChI is InChI=1S/C12H24N2O4S/c1-4-17-11-8-12(18-9-11)6-5-7-14(10-12)19(15,16)13(2)3/h11H,4-10H2,1-3H3/t11-,12-/m0/s1. The Labute approximate surface area is 115 Å². The molecule has 2 saturated heterocycles. The predicted molar refractivity (Wildman–Crippen MR) is 72.1 cm³/mol. The van der Waals surface area contributed by atoms with E-state index in [9.17, 15) is 8.42 Å². The quantitative estimate of drug-likeness (QED) is 0.755. The minimum Gasteiger partial charge on any atom is -0.376 e. The van der Waals surface area contributed by atoms with Gasteiger partial charge in [-0.2, -0.15) is 17.0 Å². The number of rotatable bonds is 4. The Balaban J connectivity index is 2.06. The Morgan fingerprint density at radius 2 is 2.21 bits per heavy atom. The molecule has 0 unspecified atom stereocenters. The van der Waals surface area contributed by atoms with E-state index in [-0.39, 0.29) is 11.7 Å². The Morgan fingerprint density at radius 1 is 1.47 bits per heavy atom. The van der Waals surface area contributed by atoms with Crippen LogP contribution in [0.1, 0.15) is 26.2 Å². The molecule has 0 N–H and O–H groups in total. The third-order valence-electron chi connectivity index (χ3n) is 3.87. The zero-order chi connectivity index (χ0) is 14.1. The third-order valence-corrected chi connectivity index (χ3v) is 5.76. The summed E-state index contributed by atoms with van der Waals surface area (Å²) >= 11 is 0. The van der Waals surface area contributed by atoms with Crippen LogP contribution in [0.25, 0.3) is 0 Å². The van der Waals surface area contributed by atoms with Gasteiger partial charge in [-0.15, -0.1) is 0 Å². The van der Waals surface area contributed by atoms with Gasteiger partial charge in [0, 0.05) is 40.2 Å². The molecule has 2 rings (SSSR count). The maximum absolute atomic E-state index is 12.2. The summed E-state index contributed by atoms with van der Waals surface area (Å²) in [6.45, 7) is 4.23. The number of piperidine rings is 1. The van der Waals surface area contributed by atoms with Crippen molar-refractivity contribution in [3.63, 3.8) is 0 Å². The van der Waals surface area contributed by atoms with Crippen molar-refractivity contribution in [1.82, 2.24) is 8.61 Å². The van der Waals surface area contributed by atoms with Crippen LogP contribution in [-0.4, -0.2) is 69.1 Å². The first-order valence-electron chi connectivity index (χ1n) is 6.83. The van der Waals surface area contributed by atoms with Crippen molar-refractivity contribution >= 4 is 10.2 Å². The highest BCUT2D eigenvalue weighted by atomic mass is 32.2. The number of hydrogen-bond acceptors (Lipinski definition) is 4. The van der Waals surface area contributed by atoms with Crippen LogP contribution in [0.15, 0.2) is 0 Å². The third kappa shape index (κ3) is 3.11. The van der Waals surface area contributed by atoms with E-state index in [0.29, 0.717) is 26.3 Å². The number of ether oxygens (including phenoxy) is 2. The molecule has 2 heterocycles. The number of nitrogens with zero attached hydrogens (tertiary/aromatic N) is 2. The van der Waals surface area contributed by atoms with Crippen molar-refractivity contribution in [3.8, 4) is 0 Å². The molecule has 7 heteroatoms. The lowest BCUT2D eigenvalue weighted by Crippen LogP contribution is -2.52. The van der Waals surface area contributed by atoms with Gasteiger partial charge in [-0.3, -0.25) is 0 Å². The summed E-state index contributed by atoms with van der Waals surface area (Å²) in [4.78, 5) is 0. The number of hydrogen-bond donors (Lipinski definition) is 0. The van der Waals surface area contributed by atoms with E-state index in [1.54, 1.807) is 14.1 Å². The van der Waals surface area contributed by atoms with Crippen molar-refractivity contribution in [3.05, 3.63) is 0 Å². The molecule has 0 aromatic heterocycles. The first-order valence-corrected chi connectivity index (χ1v) is 8.22. The molecule has 112 valence electrons. The van der Waals surface area contributed by atoms with Gasteiger partial charge in [0.1, 0.15) is 0 Å². The summed E-state index contributed by atoms with van der Waals surface area (Å²) in [5, 5.41) is 0. The molecule has 2 atom stereocenters. The minimum absolute atomic E-state index is 0.104. The average Bonchev–Trinajstić information content (AvgIpc) is 2.72. The Morgan fingerprint density at radius 3 is 2.84 bits per heavy atom. The van der Waals surface area contributed by atoms with Gasteiger partial charge in [-0.25, -0.2) is 0 Å². The van der Waals surface area contributed by atoms with E-state index in [4.69, 9.17) is 9.47 Å². The second-order valence-corrected chi connectivity index (χ2v) is 7.65. The van der Waals surface area contributed by atoms with Gasteiger partial charge in [0.2, 0.25) is 0 Å². The van der Waals surface area contributed by atoms with Crippen LogP contribution >= 0.6 is 0 Å². The van der Waals surface area contributed by atoms with E-state index < -0.39 is 10.2 Å². The van der Waals surface area contributed by atoms with E-state index >= 15 is 0 Å². The van der Waals surface area contributed by atoms with Gasteiger partial charge >= 0.3 is 0 Å². The smallest absolute Gasteiger partial charge is 0.281 e. The van der Waals surface area contributed by atoms with Gasteiger partial charge in [0.15, 0.2) is 0 Å². The molecule has 1 spiro atoms. The monoisotopic (exact) mass is 292 g/mol. The molecule has 0 bridgehead atoms. The van der Waals surface area contributed by atoms with Gasteiger partial charge in [-0.1, -0.05) is 0 Å². The largest absolute Gasteiger partial charge is 0.376 e. The highest BCUT2D eigenvalue weighted by molar-refractivity contribution is 7.86. The second-order valence-electron chi connectivity index (χ2n) is 5.50. The molecule has 6 nitrogen and oxygen atoms in total. The average molecular weight is 292 g/mol. The molecular formula is C12H24N2O4S. The molecular weight excluding hydrogens is 268 g/mol. The van der Waals surface area contributed by atoms with Crippen LogP contribution in [0.3, 0.4) is 0 Å².